The highest BCUT2D eigenvalue weighted by Gasteiger charge is 2.13. The molecule has 2 heterocycles. The lowest BCUT2D eigenvalue weighted by atomic mass is 10.1. The molecule has 0 radical (unpaired) electrons. The molecule has 0 amide bonds. The van der Waals surface area contributed by atoms with Crippen LogP contribution in [-0.2, 0) is 6.54 Å². The van der Waals surface area contributed by atoms with E-state index in [4.69, 9.17) is 0 Å². The van der Waals surface area contributed by atoms with Crippen LogP contribution in [0.25, 0.3) is 11.2 Å². The first-order valence-electron chi connectivity index (χ1n) is 5.83. The van der Waals surface area contributed by atoms with Gasteiger partial charge in [-0.15, -0.1) is 0 Å². The van der Waals surface area contributed by atoms with Gasteiger partial charge in [-0.1, -0.05) is 30.3 Å². The number of hydrogen-bond donors (Lipinski definition) is 1. The van der Waals surface area contributed by atoms with Crippen molar-refractivity contribution < 1.29 is 4.39 Å². The molecule has 0 fully saturated rings. The fourth-order valence-electron chi connectivity index (χ4n) is 1.97. The molecule has 1 N–H and O–H groups in total. The van der Waals surface area contributed by atoms with Gasteiger partial charge in [0.1, 0.15) is 6.17 Å². The second-order valence-corrected chi connectivity index (χ2v) is 4.18. The van der Waals surface area contributed by atoms with Crippen molar-refractivity contribution in [2.75, 3.05) is 0 Å². The standard InChI is InChI=1S/C13H11FN4O/c14-10(9-4-2-1-3-5-9)6-18-8-17-11-12(18)15-7-16-13(11)19/h1-5,7-8,10H,6H2,(H,15,16,19). The van der Waals surface area contributed by atoms with Gasteiger partial charge in [0.05, 0.1) is 19.2 Å². The van der Waals surface area contributed by atoms with Crippen LogP contribution in [0, 0.1) is 0 Å². The molecule has 0 aliphatic rings. The molecule has 0 spiro atoms. The van der Waals surface area contributed by atoms with E-state index in [1.165, 1.54) is 12.7 Å². The van der Waals surface area contributed by atoms with Crippen molar-refractivity contribution in [2.24, 2.45) is 0 Å². The van der Waals surface area contributed by atoms with Gasteiger partial charge in [0.15, 0.2) is 11.2 Å². The van der Waals surface area contributed by atoms with Crippen LogP contribution in [0.1, 0.15) is 11.7 Å². The van der Waals surface area contributed by atoms with E-state index in [0.29, 0.717) is 11.2 Å². The molecular formula is C13H11FN4O. The smallest absolute Gasteiger partial charge is 0.278 e. The molecular weight excluding hydrogens is 247 g/mol. The van der Waals surface area contributed by atoms with Crippen molar-refractivity contribution in [1.82, 2.24) is 19.5 Å². The predicted octanol–water partition coefficient (Wildman–Crippen LogP) is 1.83. The van der Waals surface area contributed by atoms with Gasteiger partial charge in [-0.05, 0) is 5.56 Å². The van der Waals surface area contributed by atoms with E-state index >= 15 is 0 Å². The van der Waals surface area contributed by atoms with E-state index in [-0.39, 0.29) is 17.6 Å². The third kappa shape index (κ3) is 2.12. The largest absolute Gasteiger partial charge is 0.312 e. The van der Waals surface area contributed by atoms with Crippen molar-refractivity contribution >= 4 is 11.2 Å². The second-order valence-electron chi connectivity index (χ2n) is 4.18. The summed E-state index contributed by atoms with van der Waals surface area (Å²) < 4.78 is 15.7. The third-order valence-electron chi connectivity index (χ3n) is 2.93. The van der Waals surface area contributed by atoms with Gasteiger partial charge in [0, 0.05) is 0 Å². The monoisotopic (exact) mass is 258 g/mol. The molecule has 1 aromatic carbocycles. The number of nitrogens with one attached hydrogen (secondary N) is 1. The van der Waals surface area contributed by atoms with Crippen LogP contribution in [0.5, 0.6) is 0 Å². The summed E-state index contributed by atoms with van der Waals surface area (Å²) >= 11 is 0. The average Bonchev–Trinajstić information content (AvgIpc) is 2.84. The number of H-pyrrole nitrogens is 1. The van der Waals surface area contributed by atoms with E-state index in [1.54, 1.807) is 28.8 Å². The molecule has 3 rings (SSSR count). The Hall–Kier alpha value is -2.50. The van der Waals surface area contributed by atoms with Gasteiger partial charge in [0.2, 0.25) is 0 Å². The van der Waals surface area contributed by atoms with E-state index in [0.717, 1.165) is 0 Å². The summed E-state index contributed by atoms with van der Waals surface area (Å²) in [7, 11) is 0. The Kier molecular flexibility index (Phi) is 2.83. The van der Waals surface area contributed by atoms with Crippen molar-refractivity contribution in [1.29, 1.82) is 0 Å². The average molecular weight is 258 g/mol. The van der Waals surface area contributed by atoms with Gasteiger partial charge in [0.25, 0.3) is 5.56 Å². The molecule has 0 aliphatic carbocycles. The Bertz CT molecular complexity index is 750. The van der Waals surface area contributed by atoms with E-state index in [9.17, 15) is 9.18 Å². The maximum absolute atomic E-state index is 14.2. The first-order chi connectivity index (χ1) is 9.25. The normalized spacial score (nSPS) is 12.7. The Balaban J connectivity index is 1.94. The van der Waals surface area contributed by atoms with Crippen molar-refractivity contribution in [3.8, 4) is 0 Å². The molecule has 96 valence electrons. The van der Waals surface area contributed by atoms with Crippen LogP contribution in [0.2, 0.25) is 0 Å². The maximum atomic E-state index is 14.2. The molecule has 6 heteroatoms. The van der Waals surface area contributed by atoms with Crippen molar-refractivity contribution in [3.05, 3.63) is 58.9 Å². The quantitative estimate of drug-likeness (QED) is 0.779. The fourth-order valence-corrected chi connectivity index (χ4v) is 1.97. The molecule has 0 aliphatic heterocycles. The number of alkyl halides is 1. The van der Waals surface area contributed by atoms with E-state index < -0.39 is 6.17 Å². The minimum absolute atomic E-state index is 0.0803. The van der Waals surface area contributed by atoms with Crippen LogP contribution in [0.4, 0.5) is 4.39 Å². The van der Waals surface area contributed by atoms with E-state index in [1.807, 2.05) is 6.07 Å². The number of halogens is 1. The zero-order valence-electron chi connectivity index (χ0n) is 9.95. The Morgan fingerprint density at radius 3 is 2.84 bits per heavy atom. The number of imidazole rings is 1. The highest BCUT2D eigenvalue weighted by Crippen LogP contribution is 2.20. The zero-order valence-corrected chi connectivity index (χ0v) is 9.95. The van der Waals surface area contributed by atoms with Crippen molar-refractivity contribution in [2.45, 2.75) is 12.7 Å². The summed E-state index contributed by atoms with van der Waals surface area (Å²) in [5.41, 5.74) is 0.887. The summed E-state index contributed by atoms with van der Waals surface area (Å²) in [5, 5.41) is 0. The van der Waals surface area contributed by atoms with Crippen LogP contribution in [-0.4, -0.2) is 19.5 Å². The molecule has 0 bridgehead atoms. The molecule has 2 aromatic heterocycles. The third-order valence-corrected chi connectivity index (χ3v) is 2.93. The Morgan fingerprint density at radius 1 is 1.26 bits per heavy atom. The first-order valence-corrected chi connectivity index (χ1v) is 5.83. The number of hydrogen-bond acceptors (Lipinski definition) is 3. The van der Waals surface area contributed by atoms with Gasteiger partial charge in [-0.3, -0.25) is 4.79 Å². The number of aromatic nitrogens is 4. The topological polar surface area (TPSA) is 63.6 Å². The Labute approximate surface area is 107 Å². The Morgan fingerprint density at radius 2 is 2.05 bits per heavy atom. The second kappa shape index (κ2) is 4.64. The minimum Gasteiger partial charge on any atom is -0.312 e. The molecule has 0 saturated heterocycles. The van der Waals surface area contributed by atoms with Crippen LogP contribution in [0.15, 0.2) is 47.8 Å². The minimum atomic E-state index is -1.17. The molecule has 19 heavy (non-hydrogen) atoms. The maximum Gasteiger partial charge on any atom is 0.278 e. The number of nitrogens with zero attached hydrogens (tertiary/aromatic N) is 3. The number of aromatic amines is 1. The summed E-state index contributed by atoms with van der Waals surface area (Å²) in [6.45, 7) is 0.0803. The lowest BCUT2D eigenvalue weighted by molar-refractivity contribution is 0.305. The summed E-state index contributed by atoms with van der Waals surface area (Å²) in [6.07, 6.45) is 1.56. The molecule has 1 atom stereocenters. The van der Waals surface area contributed by atoms with Gasteiger partial charge < -0.3 is 9.55 Å². The van der Waals surface area contributed by atoms with Crippen LogP contribution in [0.3, 0.4) is 0 Å². The zero-order chi connectivity index (χ0) is 13.2. The van der Waals surface area contributed by atoms with Crippen molar-refractivity contribution in [3.63, 3.8) is 0 Å². The summed E-state index contributed by atoms with van der Waals surface area (Å²) in [6, 6.07) is 8.87. The van der Waals surface area contributed by atoms with Crippen LogP contribution >= 0.6 is 0 Å². The SMILES string of the molecule is O=c1[nH]cnc2c1ncn2CC(F)c1ccccc1. The fraction of sp³-hybridized carbons (Fsp3) is 0.154. The molecule has 3 aromatic rings. The van der Waals surface area contributed by atoms with Gasteiger partial charge in [-0.25, -0.2) is 14.4 Å². The highest BCUT2D eigenvalue weighted by molar-refractivity contribution is 5.68. The molecule has 0 saturated carbocycles. The molecule has 1 unspecified atom stereocenters. The van der Waals surface area contributed by atoms with E-state index in [2.05, 4.69) is 15.0 Å². The van der Waals surface area contributed by atoms with Gasteiger partial charge in [-0.2, -0.15) is 0 Å². The first kappa shape index (κ1) is 11.6. The summed E-state index contributed by atoms with van der Waals surface area (Å²) in [4.78, 5) is 21.9. The lowest BCUT2D eigenvalue weighted by Gasteiger charge is -2.09. The molecule has 5 nitrogen and oxygen atoms in total. The number of fused-ring (bicyclic) bond motifs is 1. The van der Waals surface area contributed by atoms with Gasteiger partial charge >= 0.3 is 0 Å². The lowest BCUT2D eigenvalue weighted by Crippen LogP contribution is -2.09. The summed E-state index contributed by atoms with van der Waals surface area (Å²) in [5.74, 6) is 0. The van der Waals surface area contributed by atoms with Crippen LogP contribution < -0.4 is 5.56 Å². The predicted molar refractivity (Wildman–Crippen MR) is 68.4 cm³/mol. The highest BCUT2D eigenvalue weighted by atomic mass is 19.1. The number of benzene rings is 1. The number of rotatable bonds is 3.